The normalized spacial score (nSPS) is 20.3. The Balaban J connectivity index is 1.69. The second kappa shape index (κ2) is 10.2. The molecule has 1 saturated carbocycles. The highest BCUT2D eigenvalue weighted by molar-refractivity contribution is 5.80. The van der Waals surface area contributed by atoms with E-state index in [1.165, 1.54) is 12.0 Å². The molecule has 1 aromatic rings. The smallest absolute Gasteiger partial charge is 0.191 e. The summed E-state index contributed by atoms with van der Waals surface area (Å²) in [7, 11) is 1.68. The lowest BCUT2D eigenvalue weighted by molar-refractivity contribution is 0.0702. The molecule has 0 aromatic heterocycles. The number of rotatable bonds is 10. The summed E-state index contributed by atoms with van der Waals surface area (Å²) in [6.07, 6.45) is 2.10. The van der Waals surface area contributed by atoms with Crippen LogP contribution in [0.2, 0.25) is 0 Å². The first-order valence-corrected chi connectivity index (χ1v) is 8.51. The molecule has 1 fully saturated rings. The molecule has 2 N–H and O–H groups in total. The molecule has 0 amide bonds. The van der Waals surface area contributed by atoms with E-state index in [-0.39, 0.29) is 0 Å². The summed E-state index contributed by atoms with van der Waals surface area (Å²) in [4.78, 5) is 4.62. The Morgan fingerprint density at radius 1 is 1.22 bits per heavy atom. The van der Waals surface area contributed by atoms with E-state index in [0.717, 1.165) is 32.1 Å². The summed E-state index contributed by atoms with van der Waals surface area (Å²) < 4.78 is 10.4. The van der Waals surface area contributed by atoms with Gasteiger partial charge in [0.1, 0.15) is 0 Å². The lowest BCUT2D eigenvalue weighted by Gasteiger charge is -2.11. The zero-order valence-electron chi connectivity index (χ0n) is 14.3. The van der Waals surface area contributed by atoms with Crippen molar-refractivity contribution in [2.45, 2.75) is 31.7 Å². The highest BCUT2D eigenvalue weighted by Crippen LogP contribution is 2.40. The molecule has 0 aliphatic heterocycles. The first-order valence-electron chi connectivity index (χ1n) is 8.51. The number of ether oxygens (including phenoxy) is 2. The van der Waals surface area contributed by atoms with Gasteiger partial charge in [-0.3, -0.25) is 4.99 Å². The molecule has 0 bridgehead atoms. The van der Waals surface area contributed by atoms with Crippen LogP contribution in [0.25, 0.3) is 0 Å². The van der Waals surface area contributed by atoms with E-state index in [1.54, 1.807) is 7.11 Å². The average Bonchev–Trinajstić information content (AvgIpc) is 3.34. The minimum atomic E-state index is 0.494. The van der Waals surface area contributed by atoms with Crippen LogP contribution < -0.4 is 10.6 Å². The maximum atomic E-state index is 5.45. The summed E-state index contributed by atoms with van der Waals surface area (Å²) in [6, 6.07) is 11.2. The molecule has 1 aliphatic rings. The van der Waals surface area contributed by atoms with Crippen molar-refractivity contribution in [3.8, 4) is 0 Å². The van der Waals surface area contributed by atoms with E-state index < -0.39 is 0 Å². The average molecular weight is 319 g/mol. The minimum Gasteiger partial charge on any atom is -0.382 e. The fraction of sp³-hybridized carbons (Fsp3) is 0.611. The van der Waals surface area contributed by atoms with Gasteiger partial charge >= 0.3 is 0 Å². The summed E-state index contributed by atoms with van der Waals surface area (Å²) in [6.45, 7) is 5.76. The Hall–Kier alpha value is -1.59. The topological polar surface area (TPSA) is 54.9 Å². The minimum absolute atomic E-state index is 0.494. The Morgan fingerprint density at radius 2 is 2.04 bits per heavy atom. The van der Waals surface area contributed by atoms with Gasteiger partial charge in [0.25, 0.3) is 0 Å². The van der Waals surface area contributed by atoms with Crippen LogP contribution in [0.15, 0.2) is 35.3 Å². The fourth-order valence-electron chi connectivity index (χ4n) is 2.52. The van der Waals surface area contributed by atoms with Crippen LogP contribution in [0, 0.1) is 0 Å². The monoisotopic (exact) mass is 319 g/mol. The Morgan fingerprint density at radius 3 is 2.78 bits per heavy atom. The lowest BCUT2D eigenvalue weighted by atomic mass is 10.1. The molecule has 1 aromatic carbocycles. The third kappa shape index (κ3) is 6.59. The van der Waals surface area contributed by atoms with Crippen molar-refractivity contribution < 1.29 is 9.47 Å². The SMILES string of the molecule is CCNC(=NCCCOCCOC)NC1CC1c1ccccc1. The Bertz CT molecular complexity index is 465. The molecule has 5 heteroatoms. The molecule has 23 heavy (non-hydrogen) atoms. The van der Waals surface area contributed by atoms with Crippen molar-refractivity contribution >= 4 is 5.96 Å². The largest absolute Gasteiger partial charge is 0.382 e. The quantitative estimate of drug-likeness (QED) is 0.394. The lowest BCUT2D eigenvalue weighted by Crippen LogP contribution is -2.39. The molecule has 0 saturated heterocycles. The van der Waals surface area contributed by atoms with E-state index >= 15 is 0 Å². The summed E-state index contributed by atoms with van der Waals surface area (Å²) in [5.74, 6) is 1.52. The van der Waals surface area contributed by atoms with E-state index in [0.29, 0.717) is 25.2 Å². The maximum absolute atomic E-state index is 5.45. The predicted molar refractivity (Wildman–Crippen MR) is 94.0 cm³/mol. The van der Waals surface area contributed by atoms with Crippen LogP contribution in [0.1, 0.15) is 31.2 Å². The van der Waals surface area contributed by atoms with Crippen LogP contribution in [0.5, 0.6) is 0 Å². The second-order valence-electron chi connectivity index (χ2n) is 5.72. The van der Waals surface area contributed by atoms with Crippen molar-refractivity contribution in [2.24, 2.45) is 4.99 Å². The molecule has 2 atom stereocenters. The number of nitrogens with zero attached hydrogens (tertiary/aromatic N) is 1. The molecule has 128 valence electrons. The number of aliphatic imine (C=N–C) groups is 1. The van der Waals surface area contributed by atoms with Crippen molar-refractivity contribution in [1.82, 2.24) is 10.6 Å². The van der Waals surface area contributed by atoms with Crippen molar-refractivity contribution in [3.63, 3.8) is 0 Å². The number of hydrogen-bond donors (Lipinski definition) is 2. The fourth-order valence-corrected chi connectivity index (χ4v) is 2.52. The van der Waals surface area contributed by atoms with E-state index in [2.05, 4.69) is 52.9 Å². The molecule has 5 nitrogen and oxygen atoms in total. The third-order valence-electron chi connectivity index (χ3n) is 3.83. The zero-order valence-corrected chi connectivity index (χ0v) is 14.3. The summed E-state index contributed by atoms with van der Waals surface area (Å²) in [5.41, 5.74) is 1.41. The van der Waals surface area contributed by atoms with Crippen LogP contribution >= 0.6 is 0 Å². The number of guanidine groups is 1. The second-order valence-corrected chi connectivity index (χ2v) is 5.72. The third-order valence-corrected chi connectivity index (χ3v) is 3.83. The Labute approximate surface area is 139 Å². The molecule has 2 rings (SSSR count). The van der Waals surface area contributed by atoms with Gasteiger partial charge in [-0.15, -0.1) is 0 Å². The molecule has 2 unspecified atom stereocenters. The van der Waals surface area contributed by atoms with Gasteiger partial charge in [0.2, 0.25) is 0 Å². The van der Waals surface area contributed by atoms with Crippen molar-refractivity contribution in [2.75, 3.05) is 40.0 Å². The predicted octanol–water partition coefficient (Wildman–Crippen LogP) is 2.15. The van der Waals surface area contributed by atoms with E-state index in [9.17, 15) is 0 Å². The van der Waals surface area contributed by atoms with Gasteiger partial charge in [-0.25, -0.2) is 0 Å². The molecule has 0 radical (unpaired) electrons. The highest BCUT2D eigenvalue weighted by atomic mass is 16.5. The van der Waals surface area contributed by atoms with Gasteiger partial charge in [0.15, 0.2) is 5.96 Å². The molecular weight excluding hydrogens is 290 g/mol. The molecule has 0 spiro atoms. The highest BCUT2D eigenvalue weighted by Gasteiger charge is 2.38. The Kier molecular flexibility index (Phi) is 7.90. The first-order chi connectivity index (χ1) is 11.3. The zero-order chi connectivity index (χ0) is 16.3. The van der Waals surface area contributed by atoms with Gasteiger partial charge in [-0.05, 0) is 25.3 Å². The van der Waals surface area contributed by atoms with Gasteiger partial charge < -0.3 is 20.1 Å². The van der Waals surface area contributed by atoms with Crippen LogP contribution in [0.4, 0.5) is 0 Å². The van der Waals surface area contributed by atoms with Crippen LogP contribution in [-0.4, -0.2) is 52.0 Å². The number of hydrogen-bond acceptors (Lipinski definition) is 3. The summed E-state index contributed by atoms with van der Waals surface area (Å²) >= 11 is 0. The first kappa shape index (κ1) is 17.8. The standard InChI is InChI=1S/C18H29N3O2/c1-3-19-18(20-10-7-11-23-13-12-22-2)21-17-14-16(17)15-8-5-4-6-9-15/h4-6,8-9,16-17H,3,7,10-14H2,1-2H3,(H2,19,20,21). The molecular formula is C18H29N3O2. The summed E-state index contributed by atoms with van der Waals surface area (Å²) in [5, 5.41) is 6.84. The van der Waals surface area contributed by atoms with E-state index in [1.807, 2.05) is 0 Å². The van der Waals surface area contributed by atoms with Crippen LogP contribution in [-0.2, 0) is 9.47 Å². The van der Waals surface area contributed by atoms with E-state index in [4.69, 9.17) is 9.47 Å². The molecule has 0 heterocycles. The van der Waals surface area contributed by atoms with Crippen molar-refractivity contribution in [3.05, 3.63) is 35.9 Å². The van der Waals surface area contributed by atoms with Gasteiger partial charge in [0, 0.05) is 38.8 Å². The van der Waals surface area contributed by atoms with Crippen LogP contribution in [0.3, 0.4) is 0 Å². The van der Waals surface area contributed by atoms with Gasteiger partial charge in [0.05, 0.1) is 13.2 Å². The number of methoxy groups -OCH3 is 1. The molecule has 1 aliphatic carbocycles. The number of nitrogens with one attached hydrogen (secondary N) is 2. The maximum Gasteiger partial charge on any atom is 0.191 e. The van der Waals surface area contributed by atoms with Crippen molar-refractivity contribution in [1.29, 1.82) is 0 Å². The number of benzene rings is 1. The van der Waals surface area contributed by atoms with Gasteiger partial charge in [-0.2, -0.15) is 0 Å². The van der Waals surface area contributed by atoms with Gasteiger partial charge in [-0.1, -0.05) is 30.3 Å².